The van der Waals surface area contributed by atoms with E-state index in [4.69, 9.17) is 5.73 Å². The smallest absolute Gasteiger partial charge is 0.329 e. The fourth-order valence-electron chi connectivity index (χ4n) is 1.80. The number of hydrogen-bond acceptors (Lipinski definition) is 4. The van der Waals surface area contributed by atoms with Gasteiger partial charge in [-0.2, -0.15) is 0 Å². The highest BCUT2D eigenvalue weighted by molar-refractivity contribution is 7.18. The van der Waals surface area contributed by atoms with E-state index in [2.05, 4.69) is 18.8 Å². The van der Waals surface area contributed by atoms with Crippen LogP contribution < -0.4 is 17.0 Å². The molecule has 0 bridgehead atoms. The molecule has 2 aromatic heterocycles. The lowest BCUT2D eigenvalue weighted by Crippen LogP contribution is -2.35. The standard InChI is InChI=1S/C12H17N3O2S/c1-7(2)9-6-8-10(18-9)14-12(17)15(11(8)16)5-3-4-13/h6-7H,3-5,13H2,1-2H3,(H,14,17). The summed E-state index contributed by atoms with van der Waals surface area (Å²) in [6.45, 7) is 4.96. The third-order valence-corrected chi connectivity index (χ3v) is 4.20. The Morgan fingerprint density at radius 1 is 1.44 bits per heavy atom. The molecule has 0 aromatic carbocycles. The van der Waals surface area contributed by atoms with Crippen molar-refractivity contribution in [3.05, 3.63) is 31.8 Å². The van der Waals surface area contributed by atoms with E-state index in [-0.39, 0.29) is 11.2 Å². The molecule has 3 N–H and O–H groups in total. The minimum Gasteiger partial charge on any atom is -0.330 e. The fraction of sp³-hybridized carbons (Fsp3) is 0.500. The number of aromatic amines is 1. The number of aromatic nitrogens is 2. The van der Waals surface area contributed by atoms with Crippen LogP contribution >= 0.6 is 11.3 Å². The number of thiophene rings is 1. The minimum absolute atomic E-state index is 0.217. The van der Waals surface area contributed by atoms with Crippen LogP contribution in [0.1, 0.15) is 31.1 Å². The zero-order valence-corrected chi connectivity index (χ0v) is 11.3. The number of nitrogens with two attached hydrogens (primary N) is 1. The first kappa shape index (κ1) is 13.0. The average molecular weight is 267 g/mol. The van der Waals surface area contributed by atoms with Crippen LogP contribution in [0.4, 0.5) is 0 Å². The van der Waals surface area contributed by atoms with E-state index in [1.54, 1.807) is 0 Å². The van der Waals surface area contributed by atoms with Crippen LogP contribution in [0.25, 0.3) is 10.2 Å². The van der Waals surface area contributed by atoms with Crippen LogP contribution in [-0.2, 0) is 6.54 Å². The molecule has 18 heavy (non-hydrogen) atoms. The van der Waals surface area contributed by atoms with Gasteiger partial charge in [0.05, 0.1) is 5.39 Å². The summed E-state index contributed by atoms with van der Waals surface area (Å²) >= 11 is 1.47. The maximum atomic E-state index is 12.2. The van der Waals surface area contributed by atoms with Crippen LogP contribution in [0.3, 0.4) is 0 Å². The van der Waals surface area contributed by atoms with Crippen molar-refractivity contribution in [3.63, 3.8) is 0 Å². The first-order chi connectivity index (χ1) is 8.54. The Hall–Kier alpha value is -1.40. The van der Waals surface area contributed by atoms with Crippen molar-refractivity contribution in [3.8, 4) is 0 Å². The summed E-state index contributed by atoms with van der Waals surface area (Å²) in [6.07, 6.45) is 0.621. The first-order valence-electron chi connectivity index (χ1n) is 6.01. The highest BCUT2D eigenvalue weighted by Gasteiger charge is 2.12. The molecule has 2 rings (SSSR count). The predicted octanol–water partition coefficient (Wildman–Crippen LogP) is 1.22. The van der Waals surface area contributed by atoms with E-state index in [1.165, 1.54) is 15.9 Å². The Morgan fingerprint density at radius 2 is 2.17 bits per heavy atom. The molecule has 98 valence electrons. The molecule has 5 nitrogen and oxygen atoms in total. The van der Waals surface area contributed by atoms with Crippen molar-refractivity contribution >= 4 is 21.6 Å². The molecule has 0 amide bonds. The van der Waals surface area contributed by atoms with Crippen LogP contribution in [0.5, 0.6) is 0 Å². The summed E-state index contributed by atoms with van der Waals surface area (Å²) in [4.78, 5) is 28.6. The maximum absolute atomic E-state index is 12.2. The van der Waals surface area contributed by atoms with Crippen molar-refractivity contribution in [2.45, 2.75) is 32.7 Å². The molecule has 0 radical (unpaired) electrons. The van der Waals surface area contributed by atoms with Gasteiger partial charge in [0.15, 0.2) is 0 Å². The van der Waals surface area contributed by atoms with E-state index in [1.807, 2.05) is 6.07 Å². The fourth-order valence-corrected chi connectivity index (χ4v) is 2.84. The molecule has 6 heteroatoms. The highest BCUT2D eigenvalue weighted by Crippen LogP contribution is 2.26. The molecule has 0 saturated heterocycles. The van der Waals surface area contributed by atoms with Crippen molar-refractivity contribution in [2.75, 3.05) is 6.54 Å². The zero-order valence-electron chi connectivity index (χ0n) is 10.5. The van der Waals surface area contributed by atoms with Crippen molar-refractivity contribution in [2.24, 2.45) is 5.73 Å². The average Bonchev–Trinajstić information content (AvgIpc) is 2.73. The molecule has 2 aromatic rings. The van der Waals surface area contributed by atoms with Crippen molar-refractivity contribution in [1.82, 2.24) is 9.55 Å². The Labute approximate surface area is 108 Å². The number of nitrogens with one attached hydrogen (secondary N) is 1. The summed E-state index contributed by atoms with van der Waals surface area (Å²) in [6, 6.07) is 1.88. The predicted molar refractivity (Wildman–Crippen MR) is 74.5 cm³/mol. The summed E-state index contributed by atoms with van der Waals surface area (Å²) in [5.41, 5.74) is 4.84. The quantitative estimate of drug-likeness (QED) is 0.874. The molecule has 0 aliphatic rings. The third kappa shape index (κ3) is 2.26. The molecule has 0 aliphatic heterocycles. The molecular weight excluding hydrogens is 250 g/mol. The molecule has 0 spiro atoms. The van der Waals surface area contributed by atoms with Gasteiger partial charge in [0, 0.05) is 11.4 Å². The number of hydrogen-bond donors (Lipinski definition) is 2. The van der Waals surface area contributed by atoms with E-state index in [9.17, 15) is 9.59 Å². The van der Waals surface area contributed by atoms with Gasteiger partial charge in [-0.15, -0.1) is 11.3 Å². The first-order valence-corrected chi connectivity index (χ1v) is 6.83. The van der Waals surface area contributed by atoms with Gasteiger partial charge in [0.2, 0.25) is 0 Å². The highest BCUT2D eigenvalue weighted by atomic mass is 32.1. The van der Waals surface area contributed by atoms with Gasteiger partial charge in [0.1, 0.15) is 4.83 Å². The van der Waals surface area contributed by atoms with Gasteiger partial charge in [-0.05, 0) is 24.9 Å². The van der Waals surface area contributed by atoms with Crippen molar-refractivity contribution in [1.29, 1.82) is 0 Å². The maximum Gasteiger partial charge on any atom is 0.329 e. The van der Waals surface area contributed by atoms with E-state index >= 15 is 0 Å². The number of fused-ring (bicyclic) bond motifs is 1. The Bertz CT molecular complexity index is 666. The summed E-state index contributed by atoms with van der Waals surface area (Å²) in [7, 11) is 0. The van der Waals surface area contributed by atoms with E-state index < -0.39 is 0 Å². The Balaban J connectivity index is 2.62. The largest absolute Gasteiger partial charge is 0.330 e. The van der Waals surface area contributed by atoms with Gasteiger partial charge < -0.3 is 5.73 Å². The van der Waals surface area contributed by atoms with Crippen LogP contribution in [-0.4, -0.2) is 16.1 Å². The molecule has 2 heterocycles. The summed E-state index contributed by atoms with van der Waals surface area (Å²) in [5.74, 6) is 0.350. The van der Waals surface area contributed by atoms with Gasteiger partial charge in [-0.1, -0.05) is 13.8 Å². The normalized spacial score (nSPS) is 11.6. The molecule has 0 saturated carbocycles. The van der Waals surface area contributed by atoms with Crippen LogP contribution in [0.2, 0.25) is 0 Å². The molecule has 0 aliphatic carbocycles. The topological polar surface area (TPSA) is 80.9 Å². The second kappa shape index (κ2) is 5.07. The number of H-pyrrole nitrogens is 1. The monoisotopic (exact) mass is 267 g/mol. The lowest BCUT2D eigenvalue weighted by Gasteiger charge is -2.02. The molecule has 0 fully saturated rings. The lowest BCUT2D eigenvalue weighted by atomic mass is 10.2. The lowest BCUT2D eigenvalue weighted by molar-refractivity contribution is 0.604. The molecule has 0 atom stereocenters. The van der Waals surface area contributed by atoms with E-state index in [0.29, 0.717) is 35.6 Å². The third-order valence-electron chi connectivity index (χ3n) is 2.85. The van der Waals surface area contributed by atoms with E-state index in [0.717, 1.165) is 4.88 Å². The summed E-state index contributed by atoms with van der Waals surface area (Å²) < 4.78 is 1.23. The Kier molecular flexibility index (Phi) is 3.68. The second-order valence-electron chi connectivity index (χ2n) is 4.58. The van der Waals surface area contributed by atoms with Crippen LogP contribution in [0.15, 0.2) is 15.7 Å². The molecule has 0 unspecified atom stereocenters. The summed E-state index contributed by atoms with van der Waals surface area (Å²) in [5, 5.41) is 0.598. The SMILES string of the molecule is CC(C)c1cc2c(=O)n(CCCN)c(=O)[nH]c2s1. The van der Waals surface area contributed by atoms with Gasteiger partial charge in [0.25, 0.3) is 5.56 Å². The van der Waals surface area contributed by atoms with Gasteiger partial charge in [-0.3, -0.25) is 14.3 Å². The van der Waals surface area contributed by atoms with Gasteiger partial charge >= 0.3 is 5.69 Å². The van der Waals surface area contributed by atoms with Crippen molar-refractivity contribution < 1.29 is 0 Å². The zero-order chi connectivity index (χ0) is 13.3. The molecular formula is C12H17N3O2S. The number of nitrogens with zero attached hydrogens (tertiary/aromatic N) is 1. The van der Waals surface area contributed by atoms with Gasteiger partial charge in [-0.25, -0.2) is 4.79 Å². The van der Waals surface area contributed by atoms with Crippen LogP contribution in [0, 0.1) is 0 Å². The second-order valence-corrected chi connectivity index (χ2v) is 5.66. The Morgan fingerprint density at radius 3 is 2.78 bits per heavy atom. The minimum atomic E-state index is -0.349. The number of rotatable bonds is 4.